The lowest BCUT2D eigenvalue weighted by atomic mass is 10.2. The van der Waals surface area contributed by atoms with Crippen molar-refractivity contribution < 1.29 is 0 Å². The second kappa shape index (κ2) is 4.29. The van der Waals surface area contributed by atoms with Crippen molar-refractivity contribution >= 4 is 22.9 Å². The molecule has 4 heteroatoms. The van der Waals surface area contributed by atoms with Crippen molar-refractivity contribution in [1.29, 1.82) is 0 Å². The maximum absolute atomic E-state index is 6.00. The van der Waals surface area contributed by atoms with Gasteiger partial charge in [-0.25, -0.2) is 9.97 Å². The molecule has 15 heavy (non-hydrogen) atoms. The number of thiazole rings is 1. The van der Waals surface area contributed by atoms with Gasteiger partial charge in [-0.2, -0.15) is 0 Å². The van der Waals surface area contributed by atoms with E-state index in [1.807, 2.05) is 12.1 Å². The Kier molecular flexibility index (Phi) is 3.03. The average molecular weight is 239 g/mol. The maximum Gasteiger partial charge on any atom is 0.139 e. The third-order valence-electron chi connectivity index (χ3n) is 2.10. The van der Waals surface area contributed by atoms with Gasteiger partial charge in [-0.05, 0) is 18.1 Å². The first-order valence-corrected chi connectivity index (χ1v) is 6.00. The molecular weight excluding hydrogens is 228 g/mol. The van der Waals surface area contributed by atoms with Crippen molar-refractivity contribution in [2.75, 3.05) is 0 Å². The maximum atomic E-state index is 6.00. The summed E-state index contributed by atoms with van der Waals surface area (Å²) in [5.41, 5.74) is 2.02. The van der Waals surface area contributed by atoms with E-state index in [0.717, 1.165) is 16.3 Å². The summed E-state index contributed by atoms with van der Waals surface area (Å²) < 4.78 is 0. The Balaban J connectivity index is 2.42. The van der Waals surface area contributed by atoms with Gasteiger partial charge in [-0.15, -0.1) is 11.3 Å². The van der Waals surface area contributed by atoms with Gasteiger partial charge in [0.05, 0.1) is 5.69 Å². The molecule has 0 saturated carbocycles. The molecule has 78 valence electrons. The molecule has 0 aliphatic heterocycles. The van der Waals surface area contributed by atoms with Crippen LogP contribution in [0.25, 0.3) is 10.6 Å². The Bertz CT molecular complexity index is 465. The van der Waals surface area contributed by atoms with Crippen molar-refractivity contribution in [2.24, 2.45) is 0 Å². The second-order valence-electron chi connectivity index (χ2n) is 3.57. The molecule has 0 atom stereocenters. The fraction of sp³-hybridized carbons (Fsp3) is 0.273. The van der Waals surface area contributed by atoms with Crippen LogP contribution >= 0.6 is 22.9 Å². The fourth-order valence-electron chi connectivity index (χ4n) is 1.22. The number of rotatable bonds is 2. The molecule has 0 N–H and O–H groups in total. The first-order valence-electron chi connectivity index (χ1n) is 4.75. The Morgan fingerprint density at radius 2 is 2.20 bits per heavy atom. The zero-order valence-electron chi connectivity index (χ0n) is 8.57. The van der Waals surface area contributed by atoms with E-state index in [1.54, 1.807) is 17.5 Å². The summed E-state index contributed by atoms with van der Waals surface area (Å²) in [5.74, 6) is 0.449. The van der Waals surface area contributed by atoms with Crippen LogP contribution in [0.3, 0.4) is 0 Å². The molecule has 2 nitrogen and oxygen atoms in total. The van der Waals surface area contributed by atoms with Gasteiger partial charge in [0.25, 0.3) is 0 Å². The first kappa shape index (κ1) is 10.6. The van der Waals surface area contributed by atoms with E-state index in [0.29, 0.717) is 11.1 Å². The van der Waals surface area contributed by atoms with Crippen LogP contribution in [0.1, 0.15) is 25.5 Å². The summed E-state index contributed by atoms with van der Waals surface area (Å²) in [7, 11) is 0. The Hall–Kier alpha value is -0.930. The van der Waals surface area contributed by atoms with E-state index in [2.05, 4.69) is 29.2 Å². The lowest BCUT2D eigenvalue weighted by Crippen LogP contribution is -1.87. The second-order valence-corrected chi connectivity index (χ2v) is 4.79. The molecule has 0 aromatic carbocycles. The summed E-state index contributed by atoms with van der Waals surface area (Å²) in [6.07, 6.45) is 1.68. The number of pyridine rings is 1. The zero-order chi connectivity index (χ0) is 10.8. The van der Waals surface area contributed by atoms with Gasteiger partial charge < -0.3 is 0 Å². The highest BCUT2D eigenvalue weighted by molar-refractivity contribution is 7.13. The van der Waals surface area contributed by atoms with Crippen LogP contribution in [0.2, 0.25) is 5.15 Å². The van der Waals surface area contributed by atoms with Crippen molar-refractivity contribution in [2.45, 2.75) is 19.8 Å². The first-order chi connectivity index (χ1) is 7.18. The molecule has 0 saturated heterocycles. The molecule has 0 amide bonds. The largest absolute Gasteiger partial charge is 0.244 e. The lowest BCUT2D eigenvalue weighted by molar-refractivity contribution is 0.834. The summed E-state index contributed by atoms with van der Waals surface area (Å²) in [5, 5.41) is 3.53. The van der Waals surface area contributed by atoms with Gasteiger partial charge in [0.15, 0.2) is 0 Å². The Morgan fingerprint density at radius 1 is 1.40 bits per heavy atom. The lowest BCUT2D eigenvalue weighted by Gasteiger charge is -1.99. The van der Waals surface area contributed by atoms with E-state index in [4.69, 9.17) is 11.6 Å². The number of hydrogen-bond acceptors (Lipinski definition) is 3. The standard InChI is InChI=1S/C11H11ClN2S/c1-7(2)9-6-15-11(14-9)8-4-3-5-13-10(8)12/h3-7H,1-2H3. The fourth-order valence-corrected chi connectivity index (χ4v) is 2.49. The third kappa shape index (κ3) is 2.19. The molecule has 0 aliphatic rings. The predicted octanol–water partition coefficient (Wildman–Crippen LogP) is 3.98. The minimum atomic E-state index is 0.449. The monoisotopic (exact) mass is 238 g/mol. The SMILES string of the molecule is CC(C)c1csc(-c2cccnc2Cl)n1. The Labute approximate surface area is 98.0 Å². The van der Waals surface area contributed by atoms with Crippen LogP contribution in [0.15, 0.2) is 23.7 Å². The van der Waals surface area contributed by atoms with Gasteiger partial charge in [0.1, 0.15) is 10.2 Å². The normalized spacial score (nSPS) is 10.9. The summed E-state index contributed by atoms with van der Waals surface area (Å²) >= 11 is 7.61. The molecular formula is C11H11ClN2S. The van der Waals surface area contributed by atoms with Gasteiger partial charge in [-0.3, -0.25) is 0 Å². The Morgan fingerprint density at radius 3 is 2.80 bits per heavy atom. The molecule has 2 aromatic rings. The van der Waals surface area contributed by atoms with Crippen LogP contribution in [0.4, 0.5) is 0 Å². The number of aromatic nitrogens is 2. The minimum absolute atomic E-state index is 0.449. The molecule has 2 rings (SSSR count). The van der Waals surface area contributed by atoms with Crippen LogP contribution in [0, 0.1) is 0 Å². The van der Waals surface area contributed by atoms with Gasteiger partial charge >= 0.3 is 0 Å². The smallest absolute Gasteiger partial charge is 0.139 e. The summed E-state index contributed by atoms with van der Waals surface area (Å²) in [6, 6.07) is 3.82. The van der Waals surface area contributed by atoms with E-state index in [1.165, 1.54) is 0 Å². The summed E-state index contributed by atoms with van der Waals surface area (Å²) in [6.45, 7) is 4.26. The molecule has 0 unspecified atom stereocenters. The molecule has 0 fully saturated rings. The van der Waals surface area contributed by atoms with E-state index < -0.39 is 0 Å². The minimum Gasteiger partial charge on any atom is -0.244 e. The van der Waals surface area contributed by atoms with Crippen LogP contribution in [-0.2, 0) is 0 Å². The van der Waals surface area contributed by atoms with Crippen molar-refractivity contribution in [3.05, 3.63) is 34.6 Å². The van der Waals surface area contributed by atoms with Crippen molar-refractivity contribution in [3.63, 3.8) is 0 Å². The van der Waals surface area contributed by atoms with Crippen molar-refractivity contribution in [3.8, 4) is 10.6 Å². The van der Waals surface area contributed by atoms with Crippen LogP contribution < -0.4 is 0 Å². The summed E-state index contributed by atoms with van der Waals surface area (Å²) in [4.78, 5) is 8.58. The third-order valence-corrected chi connectivity index (χ3v) is 3.30. The van der Waals surface area contributed by atoms with E-state index in [9.17, 15) is 0 Å². The van der Waals surface area contributed by atoms with E-state index in [-0.39, 0.29) is 0 Å². The topological polar surface area (TPSA) is 25.8 Å². The highest BCUT2D eigenvalue weighted by Crippen LogP contribution is 2.30. The number of hydrogen-bond donors (Lipinski definition) is 0. The van der Waals surface area contributed by atoms with Gasteiger partial charge in [0, 0.05) is 17.1 Å². The molecule has 0 aliphatic carbocycles. The van der Waals surface area contributed by atoms with Gasteiger partial charge in [-0.1, -0.05) is 25.4 Å². The highest BCUT2D eigenvalue weighted by Gasteiger charge is 2.10. The average Bonchev–Trinajstić information content (AvgIpc) is 2.67. The molecule has 0 radical (unpaired) electrons. The zero-order valence-corrected chi connectivity index (χ0v) is 10.1. The van der Waals surface area contributed by atoms with Crippen molar-refractivity contribution in [1.82, 2.24) is 9.97 Å². The quantitative estimate of drug-likeness (QED) is 0.740. The number of nitrogens with zero attached hydrogens (tertiary/aromatic N) is 2. The van der Waals surface area contributed by atoms with E-state index >= 15 is 0 Å². The number of halogens is 1. The molecule has 0 bridgehead atoms. The van der Waals surface area contributed by atoms with Gasteiger partial charge in [0.2, 0.25) is 0 Å². The van der Waals surface area contributed by atoms with Crippen LogP contribution in [-0.4, -0.2) is 9.97 Å². The molecule has 0 spiro atoms. The van der Waals surface area contributed by atoms with Crippen LogP contribution in [0.5, 0.6) is 0 Å². The molecule has 2 aromatic heterocycles. The predicted molar refractivity (Wildman–Crippen MR) is 64.4 cm³/mol. The highest BCUT2D eigenvalue weighted by atomic mass is 35.5. The molecule has 2 heterocycles.